The molecule has 8 heteroatoms. The van der Waals surface area contributed by atoms with Crippen LogP contribution in [0.4, 0.5) is 8.78 Å². The molecule has 0 amide bonds. The lowest BCUT2D eigenvalue weighted by Gasteiger charge is -2.23. The number of ketones is 1. The van der Waals surface area contributed by atoms with Crippen LogP contribution in [0.3, 0.4) is 0 Å². The topological polar surface area (TPSA) is 56.5 Å². The minimum absolute atomic E-state index is 0.136. The van der Waals surface area contributed by atoms with Crippen molar-refractivity contribution < 1.29 is 18.3 Å². The quantitative estimate of drug-likeness (QED) is 0.416. The average molecular weight is 454 g/mol. The highest BCUT2D eigenvalue weighted by Gasteiger charge is 2.30. The van der Waals surface area contributed by atoms with Crippen LogP contribution in [0, 0.1) is 11.6 Å². The summed E-state index contributed by atoms with van der Waals surface area (Å²) >= 11 is 6.20. The Morgan fingerprint density at radius 3 is 2.66 bits per heavy atom. The lowest BCUT2D eigenvalue weighted by Crippen LogP contribution is -2.21. The highest BCUT2D eigenvalue weighted by molar-refractivity contribution is 6.30. The fourth-order valence-electron chi connectivity index (χ4n) is 4.30. The number of nitrogens with zero attached hydrogens (tertiary/aromatic N) is 3. The van der Waals surface area contributed by atoms with Gasteiger partial charge in [0.1, 0.15) is 11.6 Å². The Kier molecular flexibility index (Phi) is 5.23. The number of hydrogen-bond donors (Lipinski definition) is 0. The number of rotatable bonds is 4. The summed E-state index contributed by atoms with van der Waals surface area (Å²) in [4.78, 5) is 17.7. The molecular formula is C24H18ClF2N3O2. The number of methoxy groups -OCH3 is 1. The molecule has 0 N–H and O–H groups in total. The van der Waals surface area contributed by atoms with Crippen LogP contribution < -0.4 is 0 Å². The molecule has 1 aliphatic rings. The van der Waals surface area contributed by atoms with E-state index in [0.717, 1.165) is 17.2 Å². The zero-order chi connectivity index (χ0) is 22.4. The van der Waals surface area contributed by atoms with Gasteiger partial charge >= 0.3 is 0 Å². The van der Waals surface area contributed by atoms with Gasteiger partial charge in [0.05, 0.1) is 29.1 Å². The van der Waals surface area contributed by atoms with Gasteiger partial charge in [0, 0.05) is 30.8 Å². The van der Waals surface area contributed by atoms with E-state index in [-0.39, 0.29) is 24.7 Å². The van der Waals surface area contributed by atoms with Gasteiger partial charge in [-0.05, 0) is 47.7 Å². The zero-order valence-electron chi connectivity index (χ0n) is 17.1. The monoisotopic (exact) mass is 453 g/mol. The van der Waals surface area contributed by atoms with E-state index >= 15 is 0 Å². The van der Waals surface area contributed by atoms with E-state index in [9.17, 15) is 13.6 Å². The summed E-state index contributed by atoms with van der Waals surface area (Å²) in [7, 11) is 1.58. The molecule has 0 fully saturated rings. The van der Waals surface area contributed by atoms with Gasteiger partial charge in [0.2, 0.25) is 0 Å². The first kappa shape index (κ1) is 20.7. The maximum Gasteiger partial charge on any atom is 0.166 e. The normalized spacial score (nSPS) is 15.9. The van der Waals surface area contributed by atoms with Crippen molar-refractivity contribution in [2.24, 2.45) is 0 Å². The van der Waals surface area contributed by atoms with Crippen molar-refractivity contribution in [3.8, 4) is 11.1 Å². The van der Waals surface area contributed by atoms with E-state index in [4.69, 9.17) is 21.3 Å². The molecule has 5 rings (SSSR count). The summed E-state index contributed by atoms with van der Waals surface area (Å²) < 4.78 is 34.4. The Bertz CT molecular complexity index is 1350. The van der Waals surface area contributed by atoms with Crippen molar-refractivity contribution in [3.63, 3.8) is 0 Å². The predicted molar refractivity (Wildman–Crippen MR) is 116 cm³/mol. The number of carbonyl (C=O) groups is 1. The van der Waals surface area contributed by atoms with Gasteiger partial charge in [0.15, 0.2) is 11.4 Å². The highest BCUT2D eigenvalue weighted by atomic mass is 35.5. The first-order chi connectivity index (χ1) is 15.4. The summed E-state index contributed by atoms with van der Waals surface area (Å²) in [5, 5.41) is 5.16. The number of aromatic nitrogens is 3. The third kappa shape index (κ3) is 3.67. The van der Waals surface area contributed by atoms with Crippen molar-refractivity contribution in [1.29, 1.82) is 0 Å². The molecule has 1 unspecified atom stereocenters. The van der Waals surface area contributed by atoms with Gasteiger partial charge in [-0.2, -0.15) is 5.10 Å². The van der Waals surface area contributed by atoms with Crippen LogP contribution >= 0.6 is 11.6 Å². The van der Waals surface area contributed by atoms with E-state index in [1.165, 1.54) is 12.1 Å². The maximum atomic E-state index is 13.8. The lowest BCUT2D eigenvalue weighted by molar-refractivity contribution is 0.0962. The summed E-state index contributed by atoms with van der Waals surface area (Å²) in [6.07, 6.45) is 2.21. The highest BCUT2D eigenvalue weighted by Crippen LogP contribution is 2.35. The lowest BCUT2D eigenvalue weighted by atomic mass is 9.82. The third-order valence-electron chi connectivity index (χ3n) is 5.68. The number of benzene rings is 2. The summed E-state index contributed by atoms with van der Waals surface area (Å²) in [5.41, 5.74) is 4.33. The molecule has 0 radical (unpaired) electrons. The van der Waals surface area contributed by atoms with Crippen LogP contribution in [0.5, 0.6) is 0 Å². The van der Waals surface area contributed by atoms with Gasteiger partial charge in [-0.15, -0.1) is 0 Å². The fourth-order valence-corrected chi connectivity index (χ4v) is 4.50. The SMILES string of the molecule is COCc1nn2cc3c(nc2c1-c1cccc(Cl)c1)CC(c1cc(F)cc(F)c1)CC3=O. The van der Waals surface area contributed by atoms with Gasteiger partial charge in [-0.1, -0.05) is 23.7 Å². The molecule has 0 bridgehead atoms. The summed E-state index contributed by atoms with van der Waals surface area (Å²) in [6, 6.07) is 10.7. The molecule has 2 aromatic heterocycles. The molecule has 5 nitrogen and oxygen atoms in total. The van der Waals surface area contributed by atoms with E-state index in [0.29, 0.717) is 39.6 Å². The smallest absolute Gasteiger partial charge is 0.166 e. The minimum Gasteiger partial charge on any atom is -0.378 e. The number of halogens is 3. The molecule has 4 aromatic rings. The molecule has 1 aliphatic carbocycles. The van der Waals surface area contributed by atoms with E-state index in [1.54, 1.807) is 23.9 Å². The van der Waals surface area contributed by atoms with Crippen LogP contribution in [0.2, 0.25) is 5.02 Å². The first-order valence-electron chi connectivity index (χ1n) is 10.1. The molecule has 0 spiro atoms. The Balaban J connectivity index is 1.65. The minimum atomic E-state index is -0.662. The third-order valence-corrected chi connectivity index (χ3v) is 5.92. The van der Waals surface area contributed by atoms with Crippen molar-refractivity contribution in [3.05, 3.63) is 87.8 Å². The number of hydrogen-bond acceptors (Lipinski definition) is 4. The number of ether oxygens (including phenoxy) is 1. The number of Topliss-reactive ketones (excluding diaryl/α,β-unsaturated/α-hetero) is 1. The Morgan fingerprint density at radius 2 is 1.94 bits per heavy atom. The first-order valence-corrected chi connectivity index (χ1v) is 10.5. The zero-order valence-corrected chi connectivity index (χ0v) is 17.9. The van der Waals surface area contributed by atoms with Crippen LogP contribution in [-0.4, -0.2) is 27.5 Å². The van der Waals surface area contributed by atoms with Crippen LogP contribution in [-0.2, 0) is 17.8 Å². The molecule has 0 saturated heterocycles. The number of carbonyl (C=O) groups excluding carboxylic acids is 1. The molecule has 32 heavy (non-hydrogen) atoms. The van der Waals surface area contributed by atoms with E-state index < -0.39 is 11.6 Å². The molecule has 1 atom stereocenters. The Hall–Kier alpha value is -3.16. The van der Waals surface area contributed by atoms with Crippen molar-refractivity contribution in [2.75, 3.05) is 7.11 Å². The van der Waals surface area contributed by atoms with Gasteiger partial charge < -0.3 is 4.74 Å². The van der Waals surface area contributed by atoms with E-state index in [2.05, 4.69) is 5.10 Å². The van der Waals surface area contributed by atoms with Crippen molar-refractivity contribution >= 4 is 23.0 Å². The maximum absolute atomic E-state index is 13.8. The fraction of sp³-hybridized carbons (Fsp3) is 0.208. The van der Waals surface area contributed by atoms with Gasteiger partial charge in [-0.25, -0.2) is 18.3 Å². The average Bonchev–Trinajstić information content (AvgIpc) is 3.09. The van der Waals surface area contributed by atoms with Crippen LogP contribution in [0.25, 0.3) is 16.8 Å². The van der Waals surface area contributed by atoms with E-state index in [1.807, 2.05) is 18.2 Å². The predicted octanol–water partition coefficient (Wildman–Crippen LogP) is 5.39. The van der Waals surface area contributed by atoms with Gasteiger partial charge in [-0.3, -0.25) is 4.79 Å². The second-order valence-corrected chi connectivity index (χ2v) is 8.30. The van der Waals surface area contributed by atoms with Crippen LogP contribution in [0.15, 0.2) is 48.7 Å². The van der Waals surface area contributed by atoms with Gasteiger partial charge in [0.25, 0.3) is 0 Å². The Morgan fingerprint density at radius 1 is 1.16 bits per heavy atom. The number of fused-ring (bicyclic) bond motifs is 2. The summed E-state index contributed by atoms with van der Waals surface area (Å²) in [6.45, 7) is 0.259. The standard InChI is InChI=1S/C24H18ClF2N3O2/c1-32-12-21-23(13-3-2-4-16(25)5-13)24-28-20-8-15(14-6-17(26)10-18(27)7-14)9-22(31)19(20)11-30(24)29-21/h2-7,10-11,15H,8-9,12H2,1H3. The molecular weight excluding hydrogens is 436 g/mol. The molecule has 0 saturated carbocycles. The molecule has 2 aromatic carbocycles. The largest absolute Gasteiger partial charge is 0.378 e. The molecule has 162 valence electrons. The second kappa shape index (κ2) is 8.07. The van der Waals surface area contributed by atoms with Crippen molar-refractivity contribution in [2.45, 2.75) is 25.4 Å². The molecule has 0 aliphatic heterocycles. The second-order valence-electron chi connectivity index (χ2n) is 7.87. The summed E-state index contributed by atoms with van der Waals surface area (Å²) in [5.74, 6) is -1.82. The molecule has 2 heterocycles. The Labute approximate surface area is 187 Å². The van der Waals surface area contributed by atoms with Crippen LogP contribution in [0.1, 0.15) is 39.6 Å². The van der Waals surface area contributed by atoms with Crippen molar-refractivity contribution in [1.82, 2.24) is 14.6 Å².